The van der Waals surface area contributed by atoms with Gasteiger partial charge in [-0.25, -0.2) is 9.18 Å². The van der Waals surface area contributed by atoms with Gasteiger partial charge in [-0.3, -0.25) is 4.79 Å². The lowest BCUT2D eigenvalue weighted by atomic mass is 10.0. The van der Waals surface area contributed by atoms with E-state index < -0.39 is 11.8 Å². The minimum Gasteiger partial charge on any atom is -0.488 e. The molecule has 3 atom stereocenters. The van der Waals surface area contributed by atoms with Crippen molar-refractivity contribution in [3.05, 3.63) is 53.8 Å². The normalized spacial score (nSPS) is 19.4. The Hall–Kier alpha value is -3.17. The van der Waals surface area contributed by atoms with Gasteiger partial charge in [-0.05, 0) is 56.4 Å². The molecule has 0 spiro atoms. The lowest BCUT2D eigenvalue weighted by molar-refractivity contribution is -0.134. The summed E-state index contributed by atoms with van der Waals surface area (Å²) in [4.78, 5) is 27.2. The van der Waals surface area contributed by atoms with Gasteiger partial charge in [0.05, 0.1) is 19.1 Å². The molecular weight excluding hydrogens is 427 g/mol. The number of nitrogens with one attached hydrogen (secondary N) is 3. The molecule has 0 saturated heterocycles. The summed E-state index contributed by atoms with van der Waals surface area (Å²) < 4.78 is 19.3. The van der Waals surface area contributed by atoms with Crippen LogP contribution in [0.25, 0.3) is 0 Å². The molecule has 1 heterocycles. The van der Waals surface area contributed by atoms with Crippen molar-refractivity contribution in [3.8, 4) is 5.75 Å². The van der Waals surface area contributed by atoms with Crippen LogP contribution in [0.1, 0.15) is 19.4 Å². The van der Waals surface area contributed by atoms with E-state index in [2.05, 4.69) is 16.0 Å². The Kier molecular flexibility index (Phi) is 8.24. The summed E-state index contributed by atoms with van der Waals surface area (Å²) in [5.74, 6) is 0.101. The Bertz CT molecular complexity index is 969. The van der Waals surface area contributed by atoms with E-state index in [1.54, 1.807) is 23.1 Å². The molecule has 0 aromatic heterocycles. The summed E-state index contributed by atoms with van der Waals surface area (Å²) in [7, 11) is 1.84. The Morgan fingerprint density at radius 2 is 1.88 bits per heavy atom. The van der Waals surface area contributed by atoms with Crippen molar-refractivity contribution in [2.75, 3.05) is 37.4 Å². The highest BCUT2D eigenvalue weighted by molar-refractivity contribution is 5.99. The second kappa shape index (κ2) is 11.1. The van der Waals surface area contributed by atoms with Crippen LogP contribution in [-0.4, -0.2) is 60.8 Å². The molecule has 2 aromatic carbocycles. The van der Waals surface area contributed by atoms with Crippen molar-refractivity contribution in [1.82, 2.24) is 10.2 Å². The molecular formula is C24H31FN4O4. The number of ether oxygens (including phenoxy) is 1. The second-order valence-electron chi connectivity index (χ2n) is 8.35. The predicted molar refractivity (Wildman–Crippen MR) is 125 cm³/mol. The van der Waals surface area contributed by atoms with E-state index in [1.165, 1.54) is 24.3 Å². The number of amides is 3. The van der Waals surface area contributed by atoms with Crippen LogP contribution in [0.3, 0.4) is 0 Å². The fourth-order valence-corrected chi connectivity index (χ4v) is 3.78. The lowest BCUT2D eigenvalue weighted by Gasteiger charge is -2.32. The molecule has 0 fully saturated rings. The lowest BCUT2D eigenvalue weighted by Crippen LogP contribution is -2.47. The number of aliphatic hydroxyl groups excluding tert-OH is 1. The van der Waals surface area contributed by atoms with Gasteiger partial charge in [0.15, 0.2) is 0 Å². The first kappa shape index (κ1) is 24.5. The Morgan fingerprint density at radius 1 is 1.21 bits per heavy atom. The highest BCUT2D eigenvalue weighted by Gasteiger charge is 2.30. The fraction of sp³-hybridized carbons (Fsp3) is 0.417. The molecule has 0 bridgehead atoms. The standard InChI is InChI=1S/C24H31FN4O4/c1-15-13-29(16(2)14-30)23(31)11-17-10-20(8-9-21(17)33-22(15)12-26-3)28-24(32)27-19-6-4-18(25)5-7-19/h4-10,15-16,22,26,30H,11-14H2,1-3H3,(H2,27,28,32)/t15-,16-,22+/m1/s1. The van der Waals surface area contributed by atoms with Gasteiger partial charge in [0, 0.05) is 35.9 Å². The van der Waals surface area contributed by atoms with Crippen LogP contribution >= 0.6 is 0 Å². The third-order valence-corrected chi connectivity index (χ3v) is 5.68. The third-order valence-electron chi connectivity index (χ3n) is 5.68. The molecule has 0 aliphatic carbocycles. The van der Waals surface area contributed by atoms with Crippen LogP contribution in [0, 0.1) is 11.7 Å². The van der Waals surface area contributed by atoms with E-state index in [1.807, 2.05) is 20.9 Å². The van der Waals surface area contributed by atoms with Gasteiger partial charge in [-0.2, -0.15) is 0 Å². The zero-order chi connectivity index (χ0) is 24.0. The van der Waals surface area contributed by atoms with E-state index in [0.29, 0.717) is 35.8 Å². The molecule has 178 valence electrons. The van der Waals surface area contributed by atoms with Gasteiger partial charge in [0.1, 0.15) is 17.7 Å². The van der Waals surface area contributed by atoms with Crippen molar-refractivity contribution in [2.24, 2.45) is 5.92 Å². The highest BCUT2D eigenvalue weighted by atomic mass is 19.1. The van der Waals surface area contributed by atoms with Crippen molar-refractivity contribution in [1.29, 1.82) is 0 Å². The van der Waals surface area contributed by atoms with E-state index in [9.17, 15) is 19.1 Å². The van der Waals surface area contributed by atoms with Crippen LogP contribution in [0.5, 0.6) is 5.75 Å². The molecule has 0 radical (unpaired) electrons. The summed E-state index contributed by atoms with van der Waals surface area (Å²) >= 11 is 0. The van der Waals surface area contributed by atoms with Crippen molar-refractivity contribution in [3.63, 3.8) is 0 Å². The van der Waals surface area contributed by atoms with E-state index >= 15 is 0 Å². The van der Waals surface area contributed by atoms with Crippen LogP contribution in [0.2, 0.25) is 0 Å². The van der Waals surface area contributed by atoms with E-state index in [0.717, 1.165) is 0 Å². The first-order valence-corrected chi connectivity index (χ1v) is 11.0. The molecule has 1 aliphatic heterocycles. The first-order valence-electron chi connectivity index (χ1n) is 11.0. The number of benzene rings is 2. The Labute approximate surface area is 193 Å². The molecule has 1 aliphatic rings. The topological polar surface area (TPSA) is 103 Å². The number of fused-ring (bicyclic) bond motifs is 1. The Balaban J connectivity index is 1.83. The molecule has 4 N–H and O–H groups in total. The minimum atomic E-state index is -0.492. The van der Waals surface area contributed by atoms with Gasteiger partial charge in [-0.1, -0.05) is 6.92 Å². The summed E-state index contributed by atoms with van der Waals surface area (Å²) in [5, 5.41) is 18.2. The molecule has 3 amide bonds. The summed E-state index contributed by atoms with van der Waals surface area (Å²) in [5.41, 5.74) is 1.58. The number of carbonyl (C=O) groups excluding carboxylic acids is 2. The summed E-state index contributed by atoms with van der Waals surface area (Å²) in [6, 6.07) is 9.80. The largest absolute Gasteiger partial charge is 0.488 e. The number of likely N-dealkylation sites (N-methyl/N-ethyl adjacent to an activating group) is 1. The zero-order valence-corrected chi connectivity index (χ0v) is 19.1. The number of urea groups is 1. The summed E-state index contributed by atoms with van der Waals surface area (Å²) in [6.45, 7) is 4.76. The molecule has 0 saturated carbocycles. The minimum absolute atomic E-state index is 0.0284. The van der Waals surface area contributed by atoms with Crippen molar-refractivity contribution >= 4 is 23.3 Å². The molecule has 33 heavy (non-hydrogen) atoms. The van der Waals surface area contributed by atoms with Crippen LogP contribution < -0.4 is 20.7 Å². The quantitative estimate of drug-likeness (QED) is 0.533. The van der Waals surface area contributed by atoms with Gasteiger partial charge in [0.2, 0.25) is 5.91 Å². The fourth-order valence-electron chi connectivity index (χ4n) is 3.78. The number of anilines is 2. The van der Waals surface area contributed by atoms with E-state index in [-0.39, 0.29) is 37.0 Å². The smallest absolute Gasteiger partial charge is 0.323 e. The number of rotatable bonds is 6. The SMILES string of the molecule is CNC[C@@H]1Oc2ccc(NC(=O)Nc3ccc(F)cc3)cc2CC(=O)N([C@H](C)CO)C[C@H]1C. The van der Waals surface area contributed by atoms with Crippen molar-refractivity contribution < 1.29 is 23.8 Å². The predicted octanol–water partition coefficient (Wildman–Crippen LogP) is 2.84. The van der Waals surface area contributed by atoms with Gasteiger partial charge in [-0.15, -0.1) is 0 Å². The Morgan fingerprint density at radius 3 is 2.55 bits per heavy atom. The number of aliphatic hydroxyl groups is 1. The molecule has 0 unspecified atom stereocenters. The van der Waals surface area contributed by atoms with Gasteiger partial charge >= 0.3 is 6.03 Å². The maximum absolute atomic E-state index is 13.1. The highest BCUT2D eigenvalue weighted by Crippen LogP contribution is 2.29. The van der Waals surface area contributed by atoms with Crippen molar-refractivity contribution in [2.45, 2.75) is 32.4 Å². The van der Waals surface area contributed by atoms with E-state index in [4.69, 9.17) is 4.74 Å². The maximum Gasteiger partial charge on any atom is 0.323 e. The second-order valence-corrected chi connectivity index (χ2v) is 8.35. The number of hydrogen-bond donors (Lipinski definition) is 4. The number of hydrogen-bond acceptors (Lipinski definition) is 5. The maximum atomic E-state index is 13.1. The number of halogens is 1. The van der Waals surface area contributed by atoms with Gasteiger partial charge < -0.3 is 30.7 Å². The average Bonchev–Trinajstić information content (AvgIpc) is 2.83. The average molecular weight is 459 g/mol. The van der Waals surface area contributed by atoms with Crippen LogP contribution in [-0.2, 0) is 11.2 Å². The third kappa shape index (κ3) is 6.43. The zero-order valence-electron chi connectivity index (χ0n) is 19.1. The van der Waals surface area contributed by atoms with Crippen LogP contribution in [0.15, 0.2) is 42.5 Å². The number of nitrogens with zero attached hydrogens (tertiary/aromatic N) is 1. The van der Waals surface area contributed by atoms with Gasteiger partial charge in [0.25, 0.3) is 0 Å². The monoisotopic (exact) mass is 458 g/mol. The first-order chi connectivity index (χ1) is 15.8. The molecule has 3 rings (SSSR count). The molecule has 9 heteroatoms. The summed E-state index contributed by atoms with van der Waals surface area (Å²) in [6.07, 6.45) is -0.109. The van der Waals surface area contributed by atoms with Crippen LogP contribution in [0.4, 0.5) is 20.6 Å². The molecule has 8 nitrogen and oxygen atoms in total. The molecule has 2 aromatic rings. The number of carbonyl (C=O) groups is 2.